The average molecular weight is 223 g/mol. The summed E-state index contributed by atoms with van der Waals surface area (Å²) in [6.45, 7) is 0. The molecule has 1 aromatic rings. The van der Waals surface area contributed by atoms with Gasteiger partial charge in [-0.15, -0.1) is 0 Å². The summed E-state index contributed by atoms with van der Waals surface area (Å²) in [5, 5.41) is 0.486. The first-order chi connectivity index (χ1) is 7.08. The Hall–Kier alpha value is -1.36. The molecule has 0 spiro atoms. The number of nitrogens with two attached hydrogens (primary N) is 1. The van der Waals surface area contributed by atoms with Crippen molar-refractivity contribution in [2.24, 2.45) is 0 Å². The highest BCUT2D eigenvalue weighted by Gasteiger charge is 2.25. The molecular formula is C10H13N3OS. The number of carbonyl (C=O) groups excluding carboxylic acids is 1. The van der Waals surface area contributed by atoms with Crippen LogP contribution in [0.1, 0.15) is 21.8 Å². The van der Waals surface area contributed by atoms with Crippen LogP contribution >= 0.6 is 11.3 Å². The van der Waals surface area contributed by atoms with Crippen molar-refractivity contribution in [2.45, 2.75) is 12.8 Å². The second kappa shape index (κ2) is 3.66. The van der Waals surface area contributed by atoms with Crippen LogP contribution in [0.25, 0.3) is 0 Å². The van der Waals surface area contributed by atoms with Crippen molar-refractivity contribution < 1.29 is 4.79 Å². The Morgan fingerprint density at radius 1 is 1.47 bits per heavy atom. The van der Waals surface area contributed by atoms with Gasteiger partial charge in [-0.05, 0) is 12.8 Å². The molecule has 1 aromatic heterocycles. The zero-order chi connectivity index (χ0) is 11.0. The Balaban J connectivity index is 2.37. The average Bonchev–Trinajstić information content (AvgIpc) is 2.51. The van der Waals surface area contributed by atoms with Crippen molar-refractivity contribution in [3.63, 3.8) is 0 Å². The fourth-order valence-corrected chi connectivity index (χ4v) is 2.52. The van der Waals surface area contributed by atoms with Crippen LogP contribution in [0.3, 0.4) is 0 Å². The summed E-state index contributed by atoms with van der Waals surface area (Å²) in [6, 6.07) is 0. The third kappa shape index (κ3) is 1.87. The summed E-state index contributed by atoms with van der Waals surface area (Å²) in [5.41, 5.74) is 7.30. The van der Waals surface area contributed by atoms with E-state index in [-0.39, 0.29) is 5.78 Å². The first-order valence-electron chi connectivity index (χ1n) is 4.75. The van der Waals surface area contributed by atoms with E-state index >= 15 is 0 Å². The zero-order valence-electron chi connectivity index (χ0n) is 8.78. The summed E-state index contributed by atoms with van der Waals surface area (Å²) >= 11 is 1.29. The number of hydrogen-bond donors (Lipinski definition) is 1. The number of rotatable bonds is 1. The number of Topliss-reactive ketones (excluding diaryl/α,β-unsaturated/α-hetero) is 1. The Labute approximate surface area is 92.4 Å². The molecule has 2 rings (SSSR count). The van der Waals surface area contributed by atoms with Crippen molar-refractivity contribution >= 4 is 22.3 Å². The van der Waals surface area contributed by atoms with Gasteiger partial charge in [0, 0.05) is 25.9 Å². The van der Waals surface area contributed by atoms with E-state index in [0.717, 1.165) is 24.1 Å². The summed E-state index contributed by atoms with van der Waals surface area (Å²) in [5.74, 6) is 0.0825. The van der Waals surface area contributed by atoms with Crippen molar-refractivity contribution in [1.82, 2.24) is 9.88 Å². The molecule has 5 heteroatoms. The van der Waals surface area contributed by atoms with Gasteiger partial charge in [-0.3, -0.25) is 4.79 Å². The van der Waals surface area contributed by atoms with Gasteiger partial charge in [-0.1, -0.05) is 11.3 Å². The molecule has 0 aliphatic heterocycles. The van der Waals surface area contributed by atoms with E-state index in [4.69, 9.17) is 5.73 Å². The van der Waals surface area contributed by atoms with E-state index in [0.29, 0.717) is 10.0 Å². The summed E-state index contributed by atoms with van der Waals surface area (Å²) in [7, 11) is 3.83. The molecule has 0 bridgehead atoms. The van der Waals surface area contributed by atoms with Gasteiger partial charge in [0.05, 0.1) is 10.6 Å². The van der Waals surface area contributed by atoms with Gasteiger partial charge in [0.15, 0.2) is 5.13 Å². The van der Waals surface area contributed by atoms with E-state index in [1.807, 2.05) is 25.2 Å². The summed E-state index contributed by atoms with van der Waals surface area (Å²) in [4.78, 5) is 18.7. The van der Waals surface area contributed by atoms with Crippen molar-refractivity contribution in [3.05, 3.63) is 22.3 Å². The number of thiazole rings is 1. The molecule has 0 fully saturated rings. The van der Waals surface area contributed by atoms with Crippen molar-refractivity contribution in [1.29, 1.82) is 0 Å². The minimum absolute atomic E-state index is 0.0825. The molecule has 1 aliphatic rings. The Morgan fingerprint density at radius 2 is 2.20 bits per heavy atom. The number of aryl methyl sites for hydroxylation is 1. The molecule has 0 radical (unpaired) electrons. The van der Waals surface area contributed by atoms with E-state index in [2.05, 4.69) is 4.98 Å². The van der Waals surface area contributed by atoms with Crippen molar-refractivity contribution in [2.75, 3.05) is 19.8 Å². The molecule has 1 aliphatic carbocycles. The van der Waals surface area contributed by atoms with Gasteiger partial charge in [0.1, 0.15) is 0 Å². The number of fused-ring (bicyclic) bond motifs is 1. The van der Waals surface area contributed by atoms with Gasteiger partial charge < -0.3 is 10.6 Å². The third-order valence-electron chi connectivity index (χ3n) is 2.26. The number of hydrogen-bond acceptors (Lipinski definition) is 5. The van der Waals surface area contributed by atoms with E-state index < -0.39 is 0 Å². The Kier molecular flexibility index (Phi) is 2.48. The lowest BCUT2D eigenvalue weighted by Crippen LogP contribution is -2.15. The maximum absolute atomic E-state index is 12.0. The molecule has 0 amide bonds. The zero-order valence-corrected chi connectivity index (χ0v) is 9.60. The second-order valence-corrected chi connectivity index (χ2v) is 4.81. The van der Waals surface area contributed by atoms with Crippen LogP contribution in [0.4, 0.5) is 5.13 Å². The number of ketones is 1. The highest BCUT2D eigenvalue weighted by atomic mass is 32.1. The summed E-state index contributed by atoms with van der Waals surface area (Å²) < 4.78 is 0. The van der Waals surface area contributed by atoms with Crippen LogP contribution in [0.2, 0.25) is 0 Å². The number of anilines is 1. The van der Waals surface area contributed by atoms with E-state index in [1.54, 1.807) is 0 Å². The molecular weight excluding hydrogens is 210 g/mol. The van der Waals surface area contributed by atoms with Crippen LogP contribution in [0, 0.1) is 0 Å². The smallest absolute Gasteiger partial charge is 0.202 e. The minimum atomic E-state index is 0.0825. The van der Waals surface area contributed by atoms with Gasteiger partial charge in [-0.25, -0.2) is 4.98 Å². The fraction of sp³-hybridized carbons (Fsp3) is 0.400. The second-order valence-electron chi connectivity index (χ2n) is 3.77. The lowest BCUT2D eigenvalue weighted by Gasteiger charge is -2.14. The lowest BCUT2D eigenvalue weighted by molar-refractivity contribution is 0.102. The van der Waals surface area contributed by atoms with Crippen molar-refractivity contribution in [3.8, 4) is 0 Å². The van der Waals surface area contributed by atoms with Crippen LogP contribution in [-0.2, 0) is 6.42 Å². The topological polar surface area (TPSA) is 59.2 Å². The number of aromatic nitrogens is 1. The van der Waals surface area contributed by atoms with Crippen LogP contribution in [0.15, 0.2) is 11.8 Å². The molecule has 0 saturated heterocycles. The Bertz CT molecular complexity index is 434. The van der Waals surface area contributed by atoms with Crippen LogP contribution in [0.5, 0.6) is 0 Å². The molecule has 0 aromatic carbocycles. The molecule has 4 nitrogen and oxygen atoms in total. The monoisotopic (exact) mass is 223 g/mol. The van der Waals surface area contributed by atoms with Gasteiger partial charge in [0.25, 0.3) is 0 Å². The molecule has 2 N–H and O–H groups in total. The van der Waals surface area contributed by atoms with E-state index in [1.165, 1.54) is 11.3 Å². The molecule has 80 valence electrons. The first-order valence-corrected chi connectivity index (χ1v) is 5.56. The third-order valence-corrected chi connectivity index (χ3v) is 3.18. The molecule has 1 heterocycles. The normalized spacial score (nSPS) is 18.0. The molecule has 0 atom stereocenters. The summed E-state index contributed by atoms with van der Waals surface area (Å²) in [6.07, 6.45) is 3.45. The number of allylic oxidation sites excluding steroid dienone is 1. The predicted molar refractivity (Wildman–Crippen MR) is 60.9 cm³/mol. The van der Waals surface area contributed by atoms with Gasteiger partial charge >= 0.3 is 0 Å². The van der Waals surface area contributed by atoms with Gasteiger partial charge in [-0.2, -0.15) is 0 Å². The molecule has 0 unspecified atom stereocenters. The fourth-order valence-electron chi connectivity index (χ4n) is 1.66. The number of nitrogens with zero attached hydrogens (tertiary/aromatic N) is 2. The molecule has 0 saturated carbocycles. The van der Waals surface area contributed by atoms with Gasteiger partial charge in [0.2, 0.25) is 5.78 Å². The maximum atomic E-state index is 12.0. The SMILES string of the molecule is CN(C)/C=C1/CCc2nc(N)sc2C1=O. The number of carbonyl (C=O) groups is 1. The first kappa shape index (κ1) is 10.2. The highest BCUT2D eigenvalue weighted by Crippen LogP contribution is 2.30. The Morgan fingerprint density at radius 3 is 2.87 bits per heavy atom. The van der Waals surface area contributed by atoms with Crippen LogP contribution in [-0.4, -0.2) is 29.8 Å². The largest absolute Gasteiger partial charge is 0.383 e. The quantitative estimate of drug-likeness (QED) is 0.729. The number of nitrogen functional groups attached to an aromatic ring is 1. The standard InChI is InChI=1S/C10H13N3OS/c1-13(2)5-6-3-4-7-9(8(6)14)15-10(11)12-7/h5H,3-4H2,1-2H3,(H2,11,12)/b6-5-. The maximum Gasteiger partial charge on any atom is 0.202 e. The van der Waals surface area contributed by atoms with E-state index in [9.17, 15) is 4.79 Å². The minimum Gasteiger partial charge on any atom is -0.383 e. The highest BCUT2D eigenvalue weighted by molar-refractivity contribution is 7.17. The molecule has 15 heavy (non-hydrogen) atoms. The van der Waals surface area contributed by atoms with Crippen LogP contribution < -0.4 is 5.73 Å². The predicted octanol–water partition coefficient (Wildman–Crippen LogP) is 1.30. The lowest BCUT2D eigenvalue weighted by atomic mass is 9.96.